The minimum absolute atomic E-state index is 0.0613. The van der Waals surface area contributed by atoms with Crippen LogP contribution in [0.25, 0.3) is 0 Å². The maximum absolute atomic E-state index is 12.6. The predicted octanol–water partition coefficient (Wildman–Crippen LogP) is 3.15. The molecule has 1 aliphatic carbocycles. The van der Waals surface area contributed by atoms with Crippen LogP contribution in [0.2, 0.25) is 0 Å². The topological polar surface area (TPSA) is 32.3 Å². The van der Waals surface area contributed by atoms with Crippen molar-refractivity contribution in [3.8, 4) is 0 Å². The summed E-state index contributed by atoms with van der Waals surface area (Å²) in [5.74, 6) is 1.91. The average Bonchev–Trinajstić information content (AvgIpc) is 2.70. The molecule has 0 radical (unpaired) electrons. The molecule has 2 rings (SSSR count). The van der Waals surface area contributed by atoms with E-state index in [1.807, 2.05) is 0 Å². The van der Waals surface area contributed by atoms with E-state index >= 15 is 0 Å². The molecule has 1 aliphatic heterocycles. The van der Waals surface area contributed by atoms with E-state index in [-0.39, 0.29) is 12.2 Å². The van der Waals surface area contributed by atoms with E-state index in [1.54, 1.807) is 0 Å². The molecule has 1 saturated carbocycles. The smallest absolute Gasteiger partial charge is 0.241 e. The minimum atomic E-state index is 0.0613. The molecule has 5 unspecified atom stereocenters. The molecular formula is C16H30N2O. The standard InChI is InChI=1S/C16H30N2O/c1-5-7-15-17-14(6-2)16(19)18(15)13-9-8-11(3)12(4)10-13/h11-15,17H,5-10H2,1-4H3. The van der Waals surface area contributed by atoms with Gasteiger partial charge in [0.15, 0.2) is 0 Å². The first-order chi connectivity index (χ1) is 9.08. The number of hydrogen-bond acceptors (Lipinski definition) is 2. The van der Waals surface area contributed by atoms with Crippen LogP contribution in [0, 0.1) is 11.8 Å². The van der Waals surface area contributed by atoms with Crippen LogP contribution < -0.4 is 5.32 Å². The number of amides is 1. The Bertz CT molecular complexity index is 318. The van der Waals surface area contributed by atoms with Crippen LogP contribution in [-0.4, -0.2) is 29.1 Å². The van der Waals surface area contributed by atoms with Crippen LogP contribution in [0.4, 0.5) is 0 Å². The summed E-state index contributed by atoms with van der Waals surface area (Å²) in [5.41, 5.74) is 0. The lowest BCUT2D eigenvalue weighted by atomic mass is 9.78. The third-order valence-corrected chi connectivity index (χ3v) is 5.22. The number of nitrogens with one attached hydrogen (secondary N) is 1. The van der Waals surface area contributed by atoms with Gasteiger partial charge in [-0.25, -0.2) is 0 Å². The zero-order valence-corrected chi connectivity index (χ0v) is 13.0. The molecule has 1 heterocycles. The summed E-state index contributed by atoms with van der Waals surface area (Å²) in [7, 11) is 0. The van der Waals surface area contributed by atoms with E-state index < -0.39 is 0 Å². The minimum Gasteiger partial charge on any atom is -0.323 e. The Morgan fingerprint density at radius 1 is 1.21 bits per heavy atom. The summed E-state index contributed by atoms with van der Waals surface area (Å²) < 4.78 is 0. The summed E-state index contributed by atoms with van der Waals surface area (Å²) in [6.45, 7) is 9.00. The number of carbonyl (C=O) groups excluding carboxylic acids is 1. The normalized spacial score (nSPS) is 39.9. The summed E-state index contributed by atoms with van der Waals surface area (Å²) in [4.78, 5) is 14.8. The van der Waals surface area contributed by atoms with E-state index in [2.05, 4.69) is 37.9 Å². The van der Waals surface area contributed by atoms with Gasteiger partial charge in [0.1, 0.15) is 0 Å². The third-order valence-electron chi connectivity index (χ3n) is 5.22. The van der Waals surface area contributed by atoms with Crippen LogP contribution in [0.5, 0.6) is 0 Å². The molecule has 0 aromatic rings. The molecule has 0 bridgehead atoms. The van der Waals surface area contributed by atoms with E-state index in [0.717, 1.165) is 31.1 Å². The fourth-order valence-corrected chi connectivity index (χ4v) is 3.71. The van der Waals surface area contributed by atoms with E-state index in [4.69, 9.17) is 0 Å². The Labute approximate surface area is 118 Å². The summed E-state index contributed by atoms with van der Waals surface area (Å²) in [6.07, 6.45) is 7.06. The van der Waals surface area contributed by atoms with Gasteiger partial charge in [-0.15, -0.1) is 0 Å². The highest BCUT2D eigenvalue weighted by Gasteiger charge is 2.42. The molecule has 110 valence electrons. The second-order valence-electron chi connectivity index (χ2n) is 6.60. The van der Waals surface area contributed by atoms with Crippen molar-refractivity contribution in [3.05, 3.63) is 0 Å². The van der Waals surface area contributed by atoms with Gasteiger partial charge in [-0.2, -0.15) is 0 Å². The van der Waals surface area contributed by atoms with Crippen LogP contribution in [0.3, 0.4) is 0 Å². The van der Waals surface area contributed by atoms with Crippen molar-refractivity contribution in [3.63, 3.8) is 0 Å². The quantitative estimate of drug-likeness (QED) is 0.848. The maximum Gasteiger partial charge on any atom is 0.241 e. The molecule has 0 aromatic heterocycles. The van der Waals surface area contributed by atoms with Crippen LogP contribution in [0.1, 0.15) is 66.2 Å². The van der Waals surface area contributed by atoms with Crippen LogP contribution >= 0.6 is 0 Å². The highest BCUT2D eigenvalue weighted by molar-refractivity contribution is 5.84. The lowest BCUT2D eigenvalue weighted by molar-refractivity contribution is -0.133. The Morgan fingerprint density at radius 3 is 2.53 bits per heavy atom. The SMILES string of the molecule is CCCC1NC(CC)C(=O)N1C1CCC(C)C(C)C1. The lowest BCUT2D eigenvalue weighted by Gasteiger charge is -2.39. The molecule has 3 heteroatoms. The Hall–Kier alpha value is -0.570. The number of hydrogen-bond donors (Lipinski definition) is 1. The molecule has 3 nitrogen and oxygen atoms in total. The van der Waals surface area contributed by atoms with Gasteiger partial charge < -0.3 is 4.90 Å². The molecule has 2 fully saturated rings. The first kappa shape index (κ1) is 14.8. The van der Waals surface area contributed by atoms with Gasteiger partial charge in [0.05, 0.1) is 12.2 Å². The predicted molar refractivity (Wildman–Crippen MR) is 78.7 cm³/mol. The summed E-state index contributed by atoms with van der Waals surface area (Å²) in [5, 5.41) is 3.54. The number of nitrogens with zero attached hydrogens (tertiary/aromatic N) is 1. The molecular weight excluding hydrogens is 236 g/mol. The van der Waals surface area contributed by atoms with Crippen molar-refractivity contribution in [1.82, 2.24) is 10.2 Å². The Balaban J connectivity index is 2.09. The fraction of sp³-hybridized carbons (Fsp3) is 0.938. The zero-order chi connectivity index (χ0) is 14.0. The Morgan fingerprint density at radius 2 is 1.95 bits per heavy atom. The molecule has 19 heavy (non-hydrogen) atoms. The second-order valence-corrected chi connectivity index (χ2v) is 6.60. The van der Waals surface area contributed by atoms with Crippen molar-refractivity contribution in [2.45, 2.75) is 84.5 Å². The lowest BCUT2D eigenvalue weighted by Crippen LogP contribution is -2.47. The monoisotopic (exact) mass is 266 g/mol. The van der Waals surface area contributed by atoms with Gasteiger partial charge in [0.25, 0.3) is 0 Å². The molecule has 0 aromatic carbocycles. The number of rotatable bonds is 4. The van der Waals surface area contributed by atoms with Gasteiger partial charge in [-0.1, -0.05) is 34.1 Å². The molecule has 2 aliphatic rings. The van der Waals surface area contributed by atoms with Gasteiger partial charge in [-0.05, 0) is 43.9 Å². The van der Waals surface area contributed by atoms with Gasteiger partial charge in [-0.3, -0.25) is 10.1 Å². The summed E-state index contributed by atoms with van der Waals surface area (Å²) in [6, 6.07) is 0.533. The first-order valence-electron chi connectivity index (χ1n) is 8.16. The van der Waals surface area contributed by atoms with Crippen molar-refractivity contribution in [2.75, 3.05) is 0 Å². The maximum atomic E-state index is 12.6. The van der Waals surface area contributed by atoms with Crippen molar-refractivity contribution < 1.29 is 4.79 Å². The average molecular weight is 266 g/mol. The molecule has 5 atom stereocenters. The molecule has 1 saturated heterocycles. The fourth-order valence-electron chi connectivity index (χ4n) is 3.71. The van der Waals surface area contributed by atoms with Crippen molar-refractivity contribution >= 4 is 5.91 Å². The molecule has 1 amide bonds. The second kappa shape index (κ2) is 6.25. The van der Waals surface area contributed by atoms with Crippen molar-refractivity contribution in [2.24, 2.45) is 11.8 Å². The van der Waals surface area contributed by atoms with E-state index in [1.165, 1.54) is 19.3 Å². The van der Waals surface area contributed by atoms with E-state index in [0.29, 0.717) is 11.9 Å². The third kappa shape index (κ3) is 2.96. The highest BCUT2D eigenvalue weighted by atomic mass is 16.2. The van der Waals surface area contributed by atoms with Crippen LogP contribution in [0.15, 0.2) is 0 Å². The largest absolute Gasteiger partial charge is 0.323 e. The van der Waals surface area contributed by atoms with Crippen LogP contribution in [-0.2, 0) is 4.79 Å². The zero-order valence-electron chi connectivity index (χ0n) is 13.0. The Kier molecular flexibility index (Phi) is 4.88. The van der Waals surface area contributed by atoms with Gasteiger partial charge in [0, 0.05) is 6.04 Å². The van der Waals surface area contributed by atoms with E-state index in [9.17, 15) is 4.79 Å². The molecule has 0 spiro atoms. The molecule has 1 N–H and O–H groups in total. The summed E-state index contributed by atoms with van der Waals surface area (Å²) >= 11 is 0. The van der Waals surface area contributed by atoms with Gasteiger partial charge in [0.2, 0.25) is 5.91 Å². The van der Waals surface area contributed by atoms with Crippen molar-refractivity contribution in [1.29, 1.82) is 0 Å². The first-order valence-corrected chi connectivity index (χ1v) is 8.16. The number of carbonyl (C=O) groups is 1. The highest BCUT2D eigenvalue weighted by Crippen LogP contribution is 2.34. The van der Waals surface area contributed by atoms with Gasteiger partial charge >= 0.3 is 0 Å².